The Morgan fingerprint density at radius 1 is 0.950 bits per heavy atom. The van der Waals surface area contributed by atoms with Crippen molar-refractivity contribution in [3.05, 3.63) is 57.6 Å². The number of carbonyl (C=O) groups excluding carboxylic acids is 1. The summed E-state index contributed by atoms with van der Waals surface area (Å²) < 4.78 is 10.3. The van der Waals surface area contributed by atoms with Gasteiger partial charge >= 0.3 is 0 Å². The standard InChI is InChI=1S/C15H12Cl2O3/c1-19-12-3-4-13(14(8-12)20-2)15(18)9-5-10(16)7-11(17)6-9/h3-8H,1-2H3. The van der Waals surface area contributed by atoms with E-state index in [0.29, 0.717) is 32.7 Å². The number of hydrogen-bond donors (Lipinski definition) is 0. The Bertz CT molecular complexity index is 633. The predicted molar refractivity (Wildman–Crippen MR) is 79.4 cm³/mol. The Morgan fingerprint density at radius 3 is 2.15 bits per heavy atom. The van der Waals surface area contributed by atoms with Crippen LogP contribution in [0, 0.1) is 0 Å². The van der Waals surface area contributed by atoms with Gasteiger partial charge in [0.15, 0.2) is 5.78 Å². The summed E-state index contributed by atoms with van der Waals surface area (Å²) in [6.45, 7) is 0. The lowest BCUT2D eigenvalue weighted by Crippen LogP contribution is -2.04. The fourth-order valence-corrected chi connectivity index (χ4v) is 2.35. The van der Waals surface area contributed by atoms with Gasteiger partial charge in [-0.15, -0.1) is 0 Å². The Hall–Kier alpha value is -1.71. The van der Waals surface area contributed by atoms with E-state index in [2.05, 4.69) is 0 Å². The molecule has 0 radical (unpaired) electrons. The summed E-state index contributed by atoms with van der Waals surface area (Å²) in [5.74, 6) is 0.835. The Morgan fingerprint density at radius 2 is 1.60 bits per heavy atom. The highest BCUT2D eigenvalue weighted by molar-refractivity contribution is 6.35. The molecule has 0 aliphatic rings. The minimum atomic E-state index is -0.214. The van der Waals surface area contributed by atoms with Gasteiger partial charge in [0.1, 0.15) is 11.5 Å². The molecule has 0 saturated carbocycles. The van der Waals surface area contributed by atoms with Crippen LogP contribution >= 0.6 is 23.2 Å². The zero-order chi connectivity index (χ0) is 14.7. The number of ether oxygens (including phenoxy) is 2. The van der Waals surface area contributed by atoms with Gasteiger partial charge in [-0.1, -0.05) is 23.2 Å². The molecule has 0 aliphatic carbocycles. The Labute approximate surface area is 127 Å². The molecule has 104 valence electrons. The third-order valence-electron chi connectivity index (χ3n) is 2.78. The Balaban J connectivity index is 2.47. The second-order valence-corrected chi connectivity index (χ2v) is 4.93. The molecule has 0 spiro atoms. The van der Waals surface area contributed by atoms with Gasteiger partial charge in [-0.3, -0.25) is 4.79 Å². The topological polar surface area (TPSA) is 35.5 Å². The van der Waals surface area contributed by atoms with Crippen LogP contribution in [-0.2, 0) is 0 Å². The van der Waals surface area contributed by atoms with Crippen molar-refractivity contribution < 1.29 is 14.3 Å². The summed E-state index contributed by atoms with van der Waals surface area (Å²) in [5.41, 5.74) is 0.831. The SMILES string of the molecule is COc1ccc(C(=O)c2cc(Cl)cc(Cl)c2)c(OC)c1. The normalized spacial score (nSPS) is 10.2. The van der Waals surface area contributed by atoms with Gasteiger partial charge in [0.25, 0.3) is 0 Å². The lowest BCUT2D eigenvalue weighted by atomic mass is 10.0. The number of hydrogen-bond acceptors (Lipinski definition) is 3. The van der Waals surface area contributed by atoms with Crippen molar-refractivity contribution in [3.8, 4) is 11.5 Å². The first-order valence-corrected chi connectivity index (χ1v) is 6.53. The molecule has 0 atom stereocenters. The van der Waals surface area contributed by atoms with Crippen molar-refractivity contribution in [2.45, 2.75) is 0 Å². The smallest absolute Gasteiger partial charge is 0.196 e. The summed E-state index contributed by atoms with van der Waals surface area (Å²) in [4.78, 5) is 12.5. The van der Waals surface area contributed by atoms with Crippen LogP contribution in [0.5, 0.6) is 11.5 Å². The first kappa shape index (κ1) is 14.7. The lowest BCUT2D eigenvalue weighted by molar-refractivity contribution is 0.103. The van der Waals surface area contributed by atoms with Crippen molar-refractivity contribution in [1.82, 2.24) is 0 Å². The van der Waals surface area contributed by atoms with Gasteiger partial charge in [-0.05, 0) is 30.3 Å². The molecule has 0 aliphatic heterocycles. The maximum atomic E-state index is 12.5. The summed E-state index contributed by atoms with van der Waals surface area (Å²) in [6, 6.07) is 9.71. The molecule has 2 aromatic rings. The van der Waals surface area contributed by atoms with E-state index in [1.807, 2.05) is 0 Å². The summed E-state index contributed by atoms with van der Waals surface area (Å²) in [7, 11) is 3.05. The first-order chi connectivity index (χ1) is 9.55. The van der Waals surface area contributed by atoms with E-state index in [4.69, 9.17) is 32.7 Å². The van der Waals surface area contributed by atoms with Gasteiger partial charge < -0.3 is 9.47 Å². The zero-order valence-corrected chi connectivity index (χ0v) is 12.5. The van der Waals surface area contributed by atoms with Crippen LogP contribution in [0.3, 0.4) is 0 Å². The van der Waals surface area contributed by atoms with E-state index in [-0.39, 0.29) is 5.78 Å². The fourth-order valence-electron chi connectivity index (χ4n) is 1.83. The second kappa shape index (κ2) is 6.16. The average molecular weight is 311 g/mol. The summed E-state index contributed by atoms with van der Waals surface area (Å²) in [5, 5.41) is 0.821. The van der Waals surface area contributed by atoms with Crippen LogP contribution in [0.2, 0.25) is 10.0 Å². The molecule has 0 bridgehead atoms. The molecule has 3 nitrogen and oxygen atoms in total. The van der Waals surface area contributed by atoms with Crippen LogP contribution < -0.4 is 9.47 Å². The molecule has 2 rings (SSSR count). The first-order valence-electron chi connectivity index (χ1n) is 5.78. The molecule has 0 fully saturated rings. The highest BCUT2D eigenvalue weighted by Crippen LogP contribution is 2.28. The Kier molecular flexibility index (Phi) is 4.53. The molecule has 20 heavy (non-hydrogen) atoms. The molecule has 0 unspecified atom stereocenters. The van der Waals surface area contributed by atoms with Crippen molar-refractivity contribution in [1.29, 1.82) is 0 Å². The van der Waals surface area contributed by atoms with Crippen molar-refractivity contribution in [2.75, 3.05) is 14.2 Å². The molecule has 0 saturated heterocycles. The number of benzene rings is 2. The molecule has 0 amide bonds. The van der Waals surface area contributed by atoms with Gasteiger partial charge in [-0.25, -0.2) is 0 Å². The maximum Gasteiger partial charge on any atom is 0.196 e. The monoisotopic (exact) mass is 310 g/mol. The highest BCUT2D eigenvalue weighted by atomic mass is 35.5. The van der Waals surface area contributed by atoms with Crippen LogP contribution in [0.1, 0.15) is 15.9 Å². The minimum Gasteiger partial charge on any atom is -0.497 e. The highest BCUT2D eigenvalue weighted by Gasteiger charge is 2.16. The zero-order valence-electron chi connectivity index (χ0n) is 10.9. The lowest BCUT2D eigenvalue weighted by Gasteiger charge is -2.10. The molecule has 5 heteroatoms. The molecule has 0 aromatic heterocycles. The van der Waals surface area contributed by atoms with E-state index in [0.717, 1.165) is 0 Å². The van der Waals surface area contributed by atoms with Gasteiger partial charge in [0.05, 0.1) is 19.8 Å². The van der Waals surface area contributed by atoms with Crippen LogP contribution in [0.4, 0.5) is 0 Å². The molecule has 0 heterocycles. The number of rotatable bonds is 4. The predicted octanol–water partition coefficient (Wildman–Crippen LogP) is 4.24. The quantitative estimate of drug-likeness (QED) is 0.792. The molecular formula is C15H12Cl2O3. The molecule has 2 aromatic carbocycles. The van der Waals surface area contributed by atoms with E-state index < -0.39 is 0 Å². The number of halogens is 2. The second-order valence-electron chi connectivity index (χ2n) is 4.05. The van der Waals surface area contributed by atoms with Gasteiger partial charge in [0, 0.05) is 21.7 Å². The van der Waals surface area contributed by atoms with Gasteiger partial charge in [-0.2, -0.15) is 0 Å². The van der Waals surface area contributed by atoms with E-state index >= 15 is 0 Å². The summed E-state index contributed by atoms with van der Waals surface area (Å²) in [6.07, 6.45) is 0. The maximum absolute atomic E-state index is 12.5. The third-order valence-corrected chi connectivity index (χ3v) is 3.21. The molecule has 0 N–H and O–H groups in total. The van der Waals surface area contributed by atoms with E-state index in [1.165, 1.54) is 7.11 Å². The van der Waals surface area contributed by atoms with Crippen LogP contribution in [-0.4, -0.2) is 20.0 Å². The largest absolute Gasteiger partial charge is 0.497 e. The summed E-state index contributed by atoms with van der Waals surface area (Å²) >= 11 is 11.8. The molecular weight excluding hydrogens is 299 g/mol. The van der Waals surface area contributed by atoms with Crippen LogP contribution in [0.25, 0.3) is 0 Å². The van der Waals surface area contributed by atoms with E-state index in [1.54, 1.807) is 43.5 Å². The van der Waals surface area contributed by atoms with E-state index in [9.17, 15) is 4.79 Å². The fraction of sp³-hybridized carbons (Fsp3) is 0.133. The van der Waals surface area contributed by atoms with Gasteiger partial charge in [0.2, 0.25) is 0 Å². The number of ketones is 1. The van der Waals surface area contributed by atoms with Crippen molar-refractivity contribution in [2.24, 2.45) is 0 Å². The van der Waals surface area contributed by atoms with Crippen molar-refractivity contribution in [3.63, 3.8) is 0 Å². The minimum absolute atomic E-state index is 0.214. The average Bonchev–Trinajstić information content (AvgIpc) is 2.44. The number of carbonyl (C=O) groups is 1. The number of methoxy groups -OCH3 is 2. The van der Waals surface area contributed by atoms with Crippen molar-refractivity contribution >= 4 is 29.0 Å². The van der Waals surface area contributed by atoms with Crippen LogP contribution in [0.15, 0.2) is 36.4 Å². The third kappa shape index (κ3) is 3.06.